The highest BCUT2D eigenvalue weighted by molar-refractivity contribution is 5.77. The summed E-state index contributed by atoms with van der Waals surface area (Å²) in [5.41, 5.74) is 5.54. The molecule has 0 saturated carbocycles. The molecule has 1 heterocycles. The molecule has 4 heteroatoms. The van der Waals surface area contributed by atoms with E-state index in [1.807, 2.05) is 6.92 Å². The number of likely N-dealkylation sites (tertiary alicyclic amines) is 1. The van der Waals surface area contributed by atoms with Gasteiger partial charge in [-0.05, 0) is 13.3 Å². The lowest BCUT2D eigenvalue weighted by Crippen LogP contribution is -2.51. The van der Waals surface area contributed by atoms with Crippen LogP contribution in [0.15, 0.2) is 0 Å². The fraction of sp³-hybridized carbons (Fsp3) is 0.889. The third-order valence-corrected chi connectivity index (χ3v) is 2.38. The number of amides is 1. The number of aliphatic hydroxyl groups excluding tert-OH is 1. The molecule has 1 fully saturated rings. The molecule has 0 radical (unpaired) electrons. The highest BCUT2D eigenvalue weighted by atomic mass is 16.3. The maximum absolute atomic E-state index is 11.4. The molecule has 1 amide bonds. The van der Waals surface area contributed by atoms with Gasteiger partial charge in [0.05, 0.1) is 0 Å². The van der Waals surface area contributed by atoms with E-state index in [1.54, 1.807) is 4.90 Å². The summed E-state index contributed by atoms with van der Waals surface area (Å²) in [7, 11) is 0. The maximum atomic E-state index is 11.4. The quantitative estimate of drug-likeness (QED) is 0.625. The topological polar surface area (TPSA) is 66.6 Å². The Balaban J connectivity index is 2.12. The van der Waals surface area contributed by atoms with Crippen molar-refractivity contribution in [2.24, 2.45) is 11.7 Å². The average molecular weight is 186 g/mol. The second-order valence-corrected chi connectivity index (χ2v) is 3.86. The van der Waals surface area contributed by atoms with Gasteiger partial charge in [-0.1, -0.05) is 0 Å². The van der Waals surface area contributed by atoms with Crippen LogP contribution in [0.4, 0.5) is 0 Å². The Morgan fingerprint density at radius 3 is 2.77 bits per heavy atom. The summed E-state index contributed by atoms with van der Waals surface area (Å²) in [6.45, 7) is 3.53. The SMILES string of the molecule is CC(N)CCC(=O)N1CC(CO)C1. The van der Waals surface area contributed by atoms with Crippen molar-refractivity contribution in [1.82, 2.24) is 4.90 Å². The van der Waals surface area contributed by atoms with Gasteiger partial charge < -0.3 is 15.7 Å². The van der Waals surface area contributed by atoms with E-state index in [9.17, 15) is 4.79 Å². The summed E-state index contributed by atoms with van der Waals surface area (Å²) in [5.74, 6) is 0.473. The minimum Gasteiger partial charge on any atom is -0.396 e. The van der Waals surface area contributed by atoms with E-state index in [1.165, 1.54) is 0 Å². The molecule has 0 aliphatic carbocycles. The molecule has 3 N–H and O–H groups in total. The molecule has 1 rings (SSSR count). The molecule has 0 bridgehead atoms. The Kier molecular flexibility index (Phi) is 3.69. The molecule has 13 heavy (non-hydrogen) atoms. The first-order valence-electron chi connectivity index (χ1n) is 4.77. The fourth-order valence-electron chi connectivity index (χ4n) is 1.40. The summed E-state index contributed by atoms with van der Waals surface area (Å²) < 4.78 is 0. The van der Waals surface area contributed by atoms with Crippen LogP contribution in [0.3, 0.4) is 0 Å². The molecular weight excluding hydrogens is 168 g/mol. The van der Waals surface area contributed by atoms with Gasteiger partial charge in [0, 0.05) is 38.1 Å². The van der Waals surface area contributed by atoms with Crippen LogP contribution in [0.2, 0.25) is 0 Å². The lowest BCUT2D eigenvalue weighted by molar-refractivity contribution is -0.138. The predicted molar refractivity (Wildman–Crippen MR) is 50.0 cm³/mol. The van der Waals surface area contributed by atoms with Crippen LogP contribution in [-0.4, -0.2) is 41.7 Å². The minimum absolute atomic E-state index is 0.0962. The summed E-state index contributed by atoms with van der Waals surface area (Å²) in [6.07, 6.45) is 1.29. The number of hydrogen-bond acceptors (Lipinski definition) is 3. The van der Waals surface area contributed by atoms with Crippen LogP contribution in [0.1, 0.15) is 19.8 Å². The Morgan fingerprint density at radius 2 is 2.31 bits per heavy atom. The smallest absolute Gasteiger partial charge is 0.222 e. The van der Waals surface area contributed by atoms with Gasteiger partial charge in [0.1, 0.15) is 0 Å². The summed E-state index contributed by atoms with van der Waals surface area (Å²) in [5, 5.41) is 8.75. The lowest BCUT2D eigenvalue weighted by atomic mass is 10.0. The van der Waals surface area contributed by atoms with Gasteiger partial charge in [0.15, 0.2) is 0 Å². The fourth-order valence-corrected chi connectivity index (χ4v) is 1.40. The van der Waals surface area contributed by atoms with Crippen molar-refractivity contribution < 1.29 is 9.90 Å². The van der Waals surface area contributed by atoms with Crippen LogP contribution in [-0.2, 0) is 4.79 Å². The normalized spacial score (nSPS) is 19.8. The van der Waals surface area contributed by atoms with Crippen LogP contribution in [0.25, 0.3) is 0 Å². The first-order valence-corrected chi connectivity index (χ1v) is 4.77. The van der Waals surface area contributed by atoms with E-state index in [-0.39, 0.29) is 18.6 Å². The van der Waals surface area contributed by atoms with Crippen LogP contribution in [0, 0.1) is 5.92 Å². The third kappa shape index (κ3) is 2.97. The summed E-state index contributed by atoms with van der Waals surface area (Å²) >= 11 is 0. The van der Waals surface area contributed by atoms with Gasteiger partial charge in [-0.25, -0.2) is 0 Å². The maximum Gasteiger partial charge on any atom is 0.222 e. The molecular formula is C9H18N2O2. The zero-order valence-electron chi connectivity index (χ0n) is 8.07. The number of nitrogens with zero attached hydrogens (tertiary/aromatic N) is 1. The lowest BCUT2D eigenvalue weighted by Gasteiger charge is -2.38. The standard InChI is InChI=1S/C9H18N2O2/c1-7(10)2-3-9(13)11-4-8(5-11)6-12/h7-8,12H,2-6,10H2,1H3. The molecule has 4 nitrogen and oxygen atoms in total. The molecule has 0 aromatic heterocycles. The van der Waals surface area contributed by atoms with E-state index in [2.05, 4.69) is 0 Å². The van der Waals surface area contributed by atoms with Gasteiger partial charge in [0.2, 0.25) is 5.91 Å². The Morgan fingerprint density at radius 1 is 1.69 bits per heavy atom. The van der Waals surface area contributed by atoms with Crippen molar-refractivity contribution in [3.8, 4) is 0 Å². The van der Waals surface area contributed by atoms with E-state index < -0.39 is 0 Å². The Bertz CT molecular complexity index is 176. The molecule has 1 saturated heterocycles. The van der Waals surface area contributed by atoms with Crippen molar-refractivity contribution in [2.45, 2.75) is 25.8 Å². The van der Waals surface area contributed by atoms with Gasteiger partial charge >= 0.3 is 0 Å². The van der Waals surface area contributed by atoms with E-state index >= 15 is 0 Å². The number of carbonyl (C=O) groups is 1. The van der Waals surface area contributed by atoms with Gasteiger partial charge in [-0.15, -0.1) is 0 Å². The van der Waals surface area contributed by atoms with Crippen molar-refractivity contribution >= 4 is 5.91 Å². The molecule has 76 valence electrons. The summed E-state index contributed by atoms with van der Waals surface area (Å²) in [4.78, 5) is 13.2. The molecule has 1 atom stereocenters. The highest BCUT2D eigenvalue weighted by Crippen LogP contribution is 2.16. The Hall–Kier alpha value is -0.610. The number of nitrogens with two attached hydrogens (primary N) is 1. The van der Waals surface area contributed by atoms with Crippen LogP contribution in [0.5, 0.6) is 0 Å². The van der Waals surface area contributed by atoms with E-state index in [0.717, 1.165) is 6.42 Å². The monoisotopic (exact) mass is 186 g/mol. The van der Waals surface area contributed by atoms with Crippen molar-refractivity contribution in [1.29, 1.82) is 0 Å². The first kappa shape index (κ1) is 10.5. The second-order valence-electron chi connectivity index (χ2n) is 3.86. The largest absolute Gasteiger partial charge is 0.396 e. The van der Waals surface area contributed by atoms with E-state index in [0.29, 0.717) is 25.4 Å². The predicted octanol–water partition coefficient (Wildman–Crippen LogP) is -0.435. The number of hydrogen-bond donors (Lipinski definition) is 2. The third-order valence-electron chi connectivity index (χ3n) is 2.38. The highest BCUT2D eigenvalue weighted by Gasteiger charge is 2.29. The molecule has 1 unspecified atom stereocenters. The Labute approximate surface area is 78.7 Å². The minimum atomic E-state index is 0.0962. The first-order chi connectivity index (χ1) is 6.13. The van der Waals surface area contributed by atoms with Crippen molar-refractivity contribution in [2.75, 3.05) is 19.7 Å². The summed E-state index contributed by atoms with van der Waals surface area (Å²) in [6, 6.07) is 0.0962. The van der Waals surface area contributed by atoms with E-state index in [4.69, 9.17) is 10.8 Å². The van der Waals surface area contributed by atoms with Crippen LogP contribution >= 0.6 is 0 Å². The second kappa shape index (κ2) is 4.58. The molecule has 1 aliphatic rings. The number of rotatable bonds is 4. The molecule has 1 aliphatic heterocycles. The van der Waals surface area contributed by atoms with Crippen molar-refractivity contribution in [3.63, 3.8) is 0 Å². The van der Waals surface area contributed by atoms with Crippen LogP contribution < -0.4 is 5.73 Å². The van der Waals surface area contributed by atoms with Gasteiger partial charge in [0.25, 0.3) is 0 Å². The van der Waals surface area contributed by atoms with Gasteiger partial charge in [-0.3, -0.25) is 4.79 Å². The van der Waals surface area contributed by atoms with Gasteiger partial charge in [-0.2, -0.15) is 0 Å². The number of aliphatic hydroxyl groups is 1. The molecule has 0 spiro atoms. The zero-order valence-corrected chi connectivity index (χ0v) is 8.07. The number of carbonyl (C=O) groups excluding carboxylic acids is 1. The average Bonchev–Trinajstić information content (AvgIpc) is 1.99. The zero-order chi connectivity index (χ0) is 9.84. The molecule has 0 aromatic rings. The van der Waals surface area contributed by atoms with Crippen molar-refractivity contribution in [3.05, 3.63) is 0 Å². The molecule has 0 aromatic carbocycles.